The number of pyridine rings is 1. The molecule has 0 bridgehead atoms. The number of rotatable bonds is 7. The van der Waals surface area contributed by atoms with E-state index in [0.717, 1.165) is 48.9 Å². The molecule has 2 N–H and O–H groups in total. The van der Waals surface area contributed by atoms with Gasteiger partial charge in [0, 0.05) is 25.7 Å². The number of hydrogen-bond acceptors (Lipinski definition) is 3. The number of benzene rings is 1. The van der Waals surface area contributed by atoms with Gasteiger partial charge in [-0.1, -0.05) is 18.2 Å². The normalized spacial score (nSPS) is 11.3. The summed E-state index contributed by atoms with van der Waals surface area (Å²) in [6.45, 7) is 5.73. The highest BCUT2D eigenvalue weighted by Crippen LogP contribution is 2.10. The van der Waals surface area contributed by atoms with Crippen molar-refractivity contribution in [3.63, 3.8) is 0 Å². The molecule has 8 heteroatoms. The lowest BCUT2D eigenvalue weighted by molar-refractivity contribution is 0.616. The summed E-state index contributed by atoms with van der Waals surface area (Å²) in [5.41, 5.74) is 2.36. The number of nitrogens with one attached hydrogen (secondary N) is 2. The number of aryl methyl sites for hydroxylation is 2. The van der Waals surface area contributed by atoms with E-state index in [4.69, 9.17) is 0 Å². The summed E-state index contributed by atoms with van der Waals surface area (Å²) in [6.07, 6.45) is 3.70. The molecular formula is C20H26FIN6. The summed E-state index contributed by atoms with van der Waals surface area (Å²) in [4.78, 5) is 4.53. The van der Waals surface area contributed by atoms with Crippen molar-refractivity contribution >= 4 is 35.6 Å². The van der Waals surface area contributed by atoms with Crippen LogP contribution in [0, 0.1) is 12.7 Å². The minimum absolute atomic E-state index is 0. The first-order valence-corrected chi connectivity index (χ1v) is 9.23. The molecule has 0 spiro atoms. The maximum Gasteiger partial charge on any atom is 0.191 e. The Hall–Kier alpha value is -2.23. The lowest BCUT2D eigenvalue weighted by Gasteiger charge is -2.11. The maximum absolute atomic E-state index is 13.7. The zero-order valence-electron chi connectivity index (χ0n) is 16.2. The third-order valence-electron chi connectivity index (χ3n) is 4.25. The second kappa shape index (κ2) is 10.9. The number of nitrogens with zero attached hydrogens (tertiary/aromatic N) is 4. The van der Waals surface area contributed by atoms with Gasteiger partial charge in [0.1, 0.15) is 11.6 Å². The molecule has 2 heterocycles. The van der Waals surface area contributed by atoms with Gasteiger partial charge in [0.2, 0.25) is 0 Å². The van der Waals surface area contributed by atoms with Gasteiger partial charge < -0.3 is 10.6 Å². The molecule has 0 aliphatic heterocycles. The van der Waals surface area contributed by atoms with Gasteiger partial charge in [-0.15, -0.1) is 34.2 Å². The fourth-order valence-electron chi connectivity index (χ4n) is 2.76. The SMILES string of the molecule is CCNC(=NCc1ccc(C)c(F)c1)NCCCc1nnc2ccccn12.I. The van der Waals surface area contributed by atoms with Crippen LogP contribution in [0.15, 0.2) is 47.6 Å². The zero-order chi connectivity index (χ0) is 19.1. The predicted octanol–water partition coefficient (Wildman–Crippen LogP) is 3.48. The van der Waals surface area contributed by atoms with Gasteiger partial charge in [-0.25, -0.2) is 9.38 Å². The van der Waals surface area contributed by atoms with Crippen molar-refractivity contribution in [2.24, 2.45) is 4.99 Å². The van der Waals surface area contributed by atoms with Crippen molar-refractivity contribution in [3.05, 3.63) is 65.4 Å². The van der Waals surface area contributed by atoms with Crippen LogP contribution in [0.4, 0.5) is 4.39 Å². The van der Waals surface area contributed by atoms with Crippen LogP contribution in [0.2, 0.25) is 0 Å². The van der Waals surface area contributed by atoms with E-state index in [-0.39, 0.29) is 29.8 Å². The van der Waals surface area contributed by atoms with E-state index in [1.54, 1.807) is 19.1 Å². The summed E-state index contributed by atoms with van der Waals surface area (Å²) in [5.74, 6) is 1.48. The first kappa shape index (κ1) is 22.1. The first-order chi connectivity index (χ1) is 13.2. The Morgan fingerprint density at radius 3 is 2.82 bits per heavy atom. The highest BCUT2D eigenvalue weighted by molar-refractivity contribution is 14.0. The summed E-state index contributed by atoms with van der Waals surface area (Å²) >= 11 is 0. The average Bonchev–Trinajstić information content (AvgIpc) is 3.09. The minimum atomic E-state index is -0.193. The van der Waals surface area contributed by atoms with Crippen molar-refractivity contribution in [3.8, 4) is 0 Å². The summed E-state index contributed by atoms with van der Waals surface area (Å²) < 4.78 is 15.7. The fourth-order valence-corrected chi connectivity index (χ4v) is 2.76. The third-order valence-corrected chi connectivity index (χ3v) is 4.25. The molecular weight excluding hydrogens is 470 g/mol. The molecule has 3 rings (SSSR count). The third kappa shape index (κ3) is 5.88. The van der Waals surface area contributed by atoms with Crippen molar-refractivity contribution in [2.45, 2.75) is 33.2 Å². The van der Waals surface area contributed by atoms with Gasteiger partial charge in [-0.2, -0.15) is 0 Å². The monoisotopic (exact) mass is 496 g/mol. The summed E-state index contributed by atoms with van der Waals surface area (Å²) in [6, 6.07) is 11.1. The number of guanidine groups is 1. The highest BCUT2D eigenvalue weighted by Gasteiger charge is 2.05. The van der Waals surface area contributed by atoms with Gasteiger partial charge in [-0.3, -0.25) is 4.40 Å². The van der Waals surface area contributed by atoms with E-state index < -0.39 is 0 Å². The van der Waals surface area contributed by atoms with Crippen LogP contribution in [0.1, 0.15) is 30.3 Å². The molecule has 1 aromatic carbocycles. The molecule has 3 aromatic rings. The van der Waals surface area contributed by atoms with Gasteiger partial charge in [-0.05, 0) is 49.6 Å². The number of hydrogen-bond donors (Lipinski definition) is 2. The molecule has 0 fully saturated rings. The molecule has 0 aliphatic carbocycles. The molecule has 0 radical (unpaired) electrons. The number of fused-ring (bicyclic) bond motifs is 1. The lowest BCUT2D eigenvalue weighted by Crippen LogP contribution is -2.37. The summed E-state index contributed by atoms with van der Waals surface area (Å²) in [7, 11) is 0. The topological polar surface area (TPSA) is 66.6 Å². The number of aliphatic imine (C=N–C) groups is 1. The molecule has 150 valence electrons. The van der Waals surface area contributed by atoms with Crippen molar-refractivity contribution in [2.75, 3.05) is 13.1 Å². The van der Waals surface area contributed by atoms with Crippen molar-refractivity contribution in [1.82, 2.24) is 25.2 Å². The van der Waals surface area contributed by atoms with E-state index >= 15 is 0 Å². The Morgan fingerprint density at radius 1 is 1.18 bits per heavy atom. The van der Waals surface area contributed by atoms with E-state index in [0.29, 0.717) is 12.1 Å². The van der Waals surface area contributed by atoms with Crippen LogP contribution >= 0.6 is 24.0 Å². The van der Waals surface area contributed by atoms with Crippen molar-refractivity contribution in [1.29, 1.82) is 0 Å². The second-order valence-electron chi connectivity index (χ2n) is 6.35. The Balaban J connectivity index is 0.00000280. The smallest absolute Gasteiger partial charge is 0.191 e. The Kier molecular flexibility index (Phi) is 8.62. The molecule has 0 saturated carbocycles. The second-order valence-corrected chi connectivity index (χ2v) is 6.35. The molecule has 0 unspecified atom stereocenters. The van der Waals surface area contributed by atoms with Crippen molar-refractivity contribution < 1.29 is 4.39 Å². The fraction of sp³-hybridized carbons (Fsp3) is 0.350. The minimum Gasteiger partial charge on any atom is -0.357 e. The highest BCUT2D eigenvalue weighted by atomic mass is 127. The Morgan fingerprint density at radius 2 is 2.04 bits per heavy atom. The molecule has 0 saturated heterocycles. The van der Waals surface area contributed by atoms with Gasteiger partial charge in [0.15, 0.2) is 11.6 Å². The van der Waals surface area contributed by atoms with Gasteiger partial charge in [0.25, 0.3) is 0 Å². The molecule has 2 aromatic heterocycles. The Bertz CT molecular complexity index is 924. The average molecular weight is 496 g/mol. The molecule has 6 nitrogen and oxygen atoms in total. The molecule has 0 atom stereocenters. The zero-order valence-corrected chi connectivity index (χ0v) is 18.5. The number of aromatic nitrogens is 3. The maximum atomic E-state index is 13.7. The van der Waals surface area contributed by atoms with Crippen LogP contribution in [0.3, 0.4) is 0 Å². The van der Waals surface area contributed by atoms with Crippen LogP contribution in [-0.2, 0) is 13.0 Å². The van der Waals surface area contributed by atoms with E-state index in [1.807, 2.05) is 41.8 Å². The molecule has 0 amide bonds. The largest absolute Gasteiger partial charge is 0.357 e. The van der Waals surface area contributed by atoms with Crippen LogP contribution < -0.4 is 10.6 Å². The standard InChI is InChI=1S/C20H25FN6.HI/c1-3-22-20(24-14-16-10-9-15(2)17(21)13-16)23-11-6-8-19-26-25-18-7-4-5-12-27(18)19;/h4-5,7,9-10,12-13H,3,6,8,11,14H2,1-2H3,(H2,22,23,24);1H. The predicted molar refractivity (Wildman–Crippen MR) is 121 cm³/mol. The van der Waals surface area contributed by atoms with E-state index in [1.165, 1.54) is 0 Å². The van der Waals surface area contributed by atoms with Crippen LogP contribution in [0.25, 0.3) is 5.65 Å². The first-order valence-electron chi connectivity index (χ1n) is 9.23. The van der Waals surface area contributed by atoms with Gasteiger partial charge >= 0.3 is 0 Å². The number of halogens is 2. The lowest BCUT2D eigenvalue weighted by atomic mass is 10.1. The van der Waals surface area contributed by atoms with E-state index in [2.05, 4.69) is 25.8 Å². The molecule has 28 heavy (non-hydrogen) atoms. The van der Waals surface area contributed by atoms with Crippen LogP contribution in [-0.4, -0.2) is 33.6 Å². The molecule has 0 aliphatic rings. The van der Waals surface area contributed by atoms with E-state index in [9.17, 15) is 4.39 Å². The summed E-state index contributed by atoms with van der Waals surface area (Å²) in [5, 5.41) is 14.9. The van der Waals surface area contributed by atoms with Gasteiger partial charge in [0.05, 0.1) is 6.54 Å². The quantitative estimate of drug-likeness (QED) is 0.228. The van der Waals surface area contributed by atoms with Crippen LogP contribution in [0.5, 0.6) is 0 Å². The Labute approximate surface area is 181 Å².